The third kappa shape index (κ3) is 4.60. The van der Waals surface area contributed by atoms with Gasteiger partial charge in [0, 0.05) is 31.5 Å². The molecule has 0 aromatic carbocycles. The lowest BCUT2D eigenvalue weighted by Crippen LogP contribution is -2.56. The van der Waals surface area contributed by atoms with Crippen LogP contribution in [0.25, 0.3) is 0 Å². The lowest BCUT2D eigenvalue weighted by atomic mass is 9.53. The highest BCUT2D eigenvalue weighted by Crippen LogP contribution is 2.57. The molecule has 0 atom stereocenters. The van der Waals surface area contributed by atoms with Crippen molar-refractivity contribution in [1.29, 1.82) is 0 Å². The van der Waals surface area contributed by atoms with Gasteiger partial charge in [-0.3, -0.25) is 4.79 Å². The van der Waals surface area contributed by atoms with E-state index in [-0.39, 0.29) is 41.8 Å². The molecule has 3 fully saturated rings. The van der Waals surface area contributed by atoms with E-state index in [1.807, 2.05) is 4.90 Å². The molecule has 8 nitrogen and oxygen atoms in total. The van der Waals surface area contributed by atoms with Gasteiger partial charge in [0.2, 0.25) is 11.8 Å². The first kappa shape index (κ1) is 22.7. The van der Waals surface area contributed by atoms with Gasteiger partial charge >= 0.3 is 6.18 Å². The lowest BCUT2D eigenvalue weighted by molar-refractivity contribution is -0.179. The van der Waals surface area contributed by atoms with E-state index in [2.05, 4.69) is 20.3 Å². The monoisotopic (exact) mass is 476 g/mol. The maximum atomic E-state index is 12.9. The van der Waals surface area contributed by atoms with Crippen molar-refractivity contribution in [3.63, 3.8) is 0 Å². The van der Waals surface area contributed by atoms with Gasteiger partial charge in [-0.25, -0.2) is 9.97 Å². The Morgan fingerprint density at radius 1 is 1.12 bits per heavy atom. The Balaban J connectivity index is 1.10. The summed E-state index contributed by atoms with van der Waals surface area (Å²) < 4.78 is 44.7. The van der Waals surface area contributed by atoms with Crippen LogP contribution in [0, 0.1) is 11.3 Å². The maximum Gasteiger partial charge on any atom is 0.391 e. The normalized spacial score (nSPS) is 27.1. The summed E-state index contributed by atoms with van der Waals surface area (Å²) in [6.45, 7) is 0.671. The first-order valence-corrected chi connectivity index (χ1v) is 11.5. The first-order chi connectivity index (χ1) is 16.2. The van der Waals surface area contributed by atoms with Gasteiger partial charge in [-0.2, -0.15) is 18.2 Å². The van der Waals surface area contributed by atoms with E-state index in [4.69, 9.17) is 10.5 Å². The minimum atomic E-state index is -4.13. The number of rotatable bonds is 6. The van der Waals surface area contributed by atoms with Gasteiger partial charge in [0.1, 0.15) is 17.5 Å². The average Bonchev–Trinajstić information content (AvgIpc) is 2.76. The van der Waals surface area contributed by atoms with Crippen LogP contribution < -0.4 is 20.7 Å². The summed E-state index contributed by atoms with van der Waals surface area (Å²) >= 11 is 0. The number of hydrogen-bond donors (Lipinski definition) is 2. The number of pyridine rings is 1. The Labute approximate surface area is 195 Å². The molecule has 0 radical (unpaired) electrons. The fourth-order valence-electron chi connectivity index (χ4n) is 5.45. The average molecular weight is 477 g/mol. The number of hydrogen-bond acceptors (Lipinski definition) is 7. The molecule has 3 aliphatic rings. The molecule has 2 aromatic heterocycles. The van der Waals surface area contributed by atoms with Crippen LogP contribution in [0.5, 0.6) is 5.88 Å². The van der Waals surface area contributed by atoms with Crippen LogP contribution in [0.2, 0.25) is 0 Å². The van der Waals surface area contributed by atoms with Crippen LogP contribution in [0.1, 0.15) is 48.9 Å². The van der Waals surface area contributed by atoms with E-state index >= 15 is 0 Å². The molecule has 3 heterocycles. The van der Waals surface area contributed by atoms with Crippen molar-refractivity contribution < 1.29 is 22.7 Å². The number of carbonyl (C=O) groups is 1. The van der Waals surface area contributed by atoms with Crippen molar-refractivity contribution in [2.75, 3.05) is 23.3 Å². The Morgan fingerprint density at radius 3 is 2.53 bits per heavy atom. The Bertz CT molecular complexity index is 1040. The fraction of sp³-hybridized carbons (Fsp3) is 0.565. The van der Waals surface area contributed by atoms with Crippen LogP contribution in [0.15, 0.2) is 30.6 Å². The standard InChI is InChI=1S/C23H27F3N6O2/c24-23(25,26)14-4-8-32(9-5-14)18-3-7-29-21(31-18)30-15-10-22(11-15)12-16(13-22)34-20-17(19(27)33)2-1-6-28-20/h1-3,6-7,14-16H,4-5,8-13H2,(H2,27,33)(H,29,30,31). The van der Waals surface area contributed by atoms with Crippen molar-refractivity contribution in [2.45, 2.75) is 56.8 Å². The molecule has 5 rings (SSSR count). The minimum Gasteiger partial charge on any atom is -0.474 e. The van der Waals surface area contributed by atoms with E-state index in [1.165, 1.54) is 0 Å². The number of carbonyl (C=O) groups excluding carboxylic acids is 1. The zero-order chi connectivity index (χ0) is 23.9. The highest BCUT2D eigenvalue weighted by molar-refractivity contribution is 5.94. The van der Waals surface area contributed by atoms with Gasteiger partial charge < -0.3 is 20.7 Å². The lowest BCUT2D eigenvalue weighted by Gasteiger charge is -2.57. The molecule has 2 saturated carbocycles. The summed E-state index contributed by atoms with van der Waals surface area (Å²) in [4.78, 5) is 26.4. The van der Waals surface area contributed by atoms with Crippen molar-refractivity contribution in [3.05, 3.63) is 36.2 Å². The molecule has 1 saturated heterocycles. The number of aromatic nitrogens is 3. The van der Waals surface area contributed by atoms with Crippen LogP contribution in [0.4, 0.5) is 24.9 Å². The van der Waals surface area contributed by atoms with E-state index < -0.39 is 18.0 Å². The summed E-state index contributed by atoms with van der Waals surface area (Å²) in [7, 11) is 0. The van der Waals surface area contributed by atoms with Gasteiger partial charge in [-0.1, -0.05) is 0 Å². The molecule has 11 heteroatoms. The van der Waals surface area contributed by atoms with Gasteiger partial charge in [-0.05, 0) is 62.1 Å². The number of alkyl halides is 3. The largest absolute Gasteiger partial charge is 0.474 e. The number of piperidine rings is 1. The quantitative estimate of drug-likeness (QED) is 0.657. The van der Waals surface area contributed by atoms with E-state index in [9.17, 15) is 18.0 Å². The van der Waals surface area contributed by atoms with Gasteiger partial charge in [0.05, 0.1) is 5.92 Å². The molecule has 1 aliphatic heterocycles. The second kappa shape index (κ2) is 8.59. The second-order valence-corrected chi connectivity index (χ2v) is 9.66. The number of ether oxygens (including phenoxy) is 1. The summed E-state index contributed by atoms with van der Waals surface area (Å²) in [6, 6.07) is 5.24. The second-order valence-electron chi connectivity index (χ2n) is 9.66. The van der Waals surface area contributed by atoms with Crippen molar-refractivity contribution >= 4 is 17.7 Å². The molecular formula is C23H27F3N6O2. The molecular weight excluding hydrogens is 449 g/mol. The molecule has 0 unspecified atom stereocenters. The number of primary amides is 1. The number of amides is 1. The zero-order valence-corrected chi connectivity index (χ0v) is 18.6. The fourth-order valence-corrected chi connectivity index (χ4v) is 5.45. The third-order valence-electron chi connectivity index (χ3n) is 7.25. The Kier molecular flexibility index (Phi) is 5.73. The van der Waals surface area contributed by atoms with Gasteiger partial charge in [0.25, 0.3) is 5.91 Å². The van der Waals surface area contributed by atoms with Crippen molar-refractivity contribution in [3.8, 4) is 5.88 Å². The predicted octanol–water partition coefficient (Wildman–Crippen LogP) is 3.55. The van der Waals surface area contributed by atoms with Crippen molar-refractivity contribution in [1.82, 2.24) is 15.0 Å². The van der Waals surface area contributed by atoms with Crippen molar-refractivity contribution in [2.24, 2.45) is 17.1 Å². The third-order valence-corrected chi connectivity index (χ3v) is 7.25. The number of nitrogens with zero attached hydrogens (tertiary/aromatic N) is 4. The van der Waals surface area contributed by atoms with Gasteiger partial charge in [-0.15, -0.1) is 0 Å². The predicted molar refractivity (Wildman–Crippen MR) is 119 cm³/mol. The van der Waals surface area contributed by atoms with E-state index in [1.54, 1.807) is 30.6 Å². The number of nitrogens with one attached hydrogen (secondary N) is 1. The SMILES string of the molecule is NC(=O)c1cccnc1OC1CC2(CC(Nc3nccc(N4CCC(C(F)(F)F)CC4)n3)C2)C1. The van der Waals surface area contributed by atoms with Crippen LogP contribution >= 0.6 is 0 Å². The van der Waals surface area contributed by atoms with Crippen LogP contribution in [0.3, 0.4) is 0 Å². The molecule has 1 amide bonds. The first-order valence-electron chi connectivity index (χ1n) is 11.5. The minimum absolute atomic E-state index is 0.00755. The highest BCUT2D eigenvalue weighted by atomic mass is 19.4. The smallest absolute Gasteiger partial charge is 0.391 e. The summed E-state index contributed by atoms with van der Waals surface area (Å²) in [5.74, 6) is -0.345. The van der Waals surface area contributed by atoms with Crippen LogP contribution in [-0.4, -0.2) is 52.3 Å². The Morgan fingerprint density at radius 2 is 1.85 bits per heavy atom. The molecule has 2 aromatic rings. The topological polar surface area (TPSA) is 106 Å². The molecule has 0 bridgehead atoms. The van der Waals surface area contributed by atoms with Crippen LogP contribution in [-0.2, 0) is 0 Å². The molecule has 3 N–H and O–H groups in total. The molecule has 1 spiro atoms. The van der Waals surface area contributed by atoms with E-state index in [0.29, 0.717) is 24.9 Å². The molecule has 182 valence electrons. The van der Waals surface area contributed by atoms with E-state index in [0.717, 1.165) is 25.7 Å². The Hall–Kier alpha value is -3.11. The highest BCUT2D eigenvalue weighted by Gasteiger charge is 2.54. The number of anilines is 2. The summed E-state index contributed by atoms with van der Waals surface area (Å²) in [5, 5.41) is 3.36. The molecule has 34 heavy (non-hydrogen) atoms. The van der Waals surface area contributed by atoms with Gasteiger partial charge in [0.15, 0.2) is 0 Å². The summed E-state index contributed by atoms with van der Waals surface area (Å²) in [5.41, 5.74) is 5.88. The number of nitrogens with two attached hydrogens (primary N) is 1. The zero-order valence-electron chi connectivity index (χ0n) is 18.6. The molecule has 2 aliphatic carbocycles. The summed E-state index contributed by atoms with van der Waals surface area (Å²) in [6.07, 6.45) is 2.96. The maximum absolute atomic E-state index is 12.9. The number of halogens is 3.